The SMILES string of the molecule is CCNC(=O)NC(=O)C(C)N(C)C1CCNC1. The first-order valence-electron chi connectivity index (χ1n) is 6.07. The fourth-order valence-electron chi connectivity index (χ4n) is 1.91. The molecule has 0 spiro atoms. The molecule has 6 heteroatoms. The molecule has 6 nitrogen and oxygen atoms in total. The van der Waals surface area contributed by atoms with E-state index in [-0.39, 0.29) is 11.9 Å². The molecular formula is C11H22N4O2. The Bertz CT molecular complexity index is 277. The monoisotopic (exact) mass is 242 g/mol. The second-order valence-corrected chi connectivity index (χ2v) is 4.34. The van der Waals surface area contributed by atoms with Gasteiger partial charge in [-0.2, -0.15) is 0 Å². The first kappa shape index (κ1) is 13.9. The zero-order chi connectivity index (χ0) is 12.8. The molecule has 0 aromatic carbocycles. The molecule has 0 aromatic rings. The van der Waals surface area contributed by atoms with Gasteiger partial charge in [0, 0.05) is 19.1 Å². The lowest BCUT2D eigenvalue weighted by Gasteiger charge is -2.28. The number of amides is 3. The first-order chi connectivity index (χ1) is 8.06. The lowest BCUT2D eigenvalue weighted by Crippen LogP contribution is -2.51. The highest BCUT2D eigenvalue weighted by molar-refractivity contribution is 5.96. The average Bonchev–Trinajstić information content (AvgIpc) is 2.80. The number of rotatable bonds is 4. The summed E-state index contributed by atoms with van der Waals surface area (Å²) < 4.78 is 0. The molecule has 0 radical (unpaired) electrons. The third-order valence-electron chi connectivity index (χ3n) is 3.17. The number of carbonyl (C=O) groups excluding carboxylic acids is 2. The summed E-state index contributed by atoms with van der Waals surface area (Å²) in [6, 6.07) is -0.366. The molecule has 1 saturated heterocycles. The maximum atomic E-state index is 11.8. The Morgan fingerprint density at radius 3 is 2.76 bits per heavy atom. The Morgan fingerprint density at radius 1 is 1.53 bits per heavy atom. The Labute approximate surface area is 102 Å². The van der Waals surface area contributed by atoms with Gasteiger partial charge in [0.1, 0.15) is 0 Å². The minimum Gasteiger partial charge on any atom is -0.338 e. The van der Waals surface area contributed by atoms with Crippen molar-refractivity contribution in [3.63, 3.8) is 0 Å². The number of likely N-dealkylation sites (N-methyl/N-ethyl adjacent to an activating group) is 1. The summed E-state index contributed by atoms with van der Waals surface area (Å²) in [4.78, 5) is 25.0. The van der Waals surface area contributed by atoms with Crippen molar-refractivity contribution in [1.82, 2.24) is 20.9 Å². The number of urea groups is 1. The van der Waals surface area contributed by atoms with Crippen molar-refractivity contribution in [2.24, 2.45) is 0 Å². The number of hydrogen-bond acceptors (Lipinski definition) is 4. The van der Waals surface area contributed by atoms with E-state index in [4.69, 9.17) is 0 Å². The van der Waals surface area contributed by atoms with Gasteiger partial charge in [0.2, 0.25) is 5.91 Å². The summed E-state index contributed by atoms with van der Waals surface area (Å²) in [5, 5.41) is 8.13. The smallest absolute Gasteiger partial charge is 0.321 e. The molecule has 2 unspecified atom stereocenters. The van der Waals surface area contributed by atoms with E-state index in [1.54, 1.807) is 0 Å². The van der Waals surface area contributed by atoms with Gasteiger partial charge in [0.25, 0.3) is 0 Å². The van der Waals surface area contributed by atoms with Crippen LogP contribution in [0, 0.1) is 0 Å². The first-order valence-corrected chi connectivity index (χ1v) is 6.07. The highest BCUT2D eigenvalue weighted by atomic mass is 16.2. The molecule has 1 aliphatic heterocycles. The normalized spacial score (nSPS) is 21.3. The third kappa shape index (κ3) is 3.98. The van der Waals surface area contributed by atoms with Crippen LogP contribution in [-0.4, -0.2) is 55.6 Å². The molecule has 0 saturated carbocycles. The zero-order valence-corrected chi connectivity index (χ0v) is 10.7. The third-order valence-corrected chi connectivity index (χ3v) is 3.17. The fourth-order valence-corrected chi connectivity index (χ4v) is 1.91. The standard InChI is InChI=1S/C11H22N4O2/c1-4-13-11(17)14-10(16)8(2)15(3)9-5-6-12-7-9/h8-9,12H,4-7H2,1-3H3,(H2,13,14,16,17). The van der Waals surface area contributed by atoms with Gasteiger partial charge in [-0.1, -0.05) is 0 Å². The van der Waals surface area contributed by atoms with E-state index in [2.05, 4.69) is 16.0 Å². The Morgan fingerprint density at radius 2 is 2.24 bits per heavy atom. The van der Waals surface area contributed by atoms with Crippen LogP contribution >= 0.6 is 0 Å². The predicted molar refractivity (Wildman–Crippen MR) is 65.7 cm³/mol. The quantitative estimate of drug-likeness (QED) is 0.622. The highest BCUT2D eigenvalue weighted by Gasteiger charge is 2.27. The van der Waals surface area contributed by atoms with Gasteiger partial charge in [-0.3, -0.25) is 15.0 Å². The topological polar surface area (TPSA) is 73.5 Å². The van der Waals surface area contributed by atoms with Crippen LogP contribution in [0.3, 0.4) is 0 Å². The summed E-state index contributed by atoms with van der Waals surface area (Å²) in [7, 11) is 1.92. The lowest BCUT2D eigenvalue weighted by atomic mass is 10.1. The van der Waals surface area contributed by atoms with Gasteiger partial charge in [0.15, 0.2) is 0 Å². The molecule has 0 aromatic heterocycles. The second kappa shape index (κ2) is 6.56. The lowest BCUT2D eigenvalue weighted by molar-refractivity contribution is -0.124. The van der Waals surface area contributed by atoms with Crippen molar-refractivity contribution in [1.29, 1.82) is 0 Å². The van der Waals surface area contributed by atoms with Crippen LogP contribution < -0.4 is 16.0 Å². The largest absolute Gasteiger partial charge is 0.338 e. The molecular weight excluding hydrogens is 220 g/mol. The second-order valence-electron chi connectivity index (χ2n) is 4.34. The molecule has 3 amide bonds. The molecule has 1 fully saturated rings. The van der Waals surface area contributed by atoms with Crippen molar-refractivity contribution in [3.05, 3.63) is 0 Å². The van der Waals surface area contributed by atoms with E-state index in [1.165, 1.54) is 0 Å². The molecule has 1 heterocycles. The van der Waals surface area contributed by atoms with E-state index < -0.39 is 6.03 Å². The summed E-state index contributed by atoms with van der Waals surface area (Å²) in [5.74, 6) is -0.259. The maximum absolute atomic E-state index is 11.8. The molecule has 2 atom stereocenters. The predicted octanol–water partition coefficient (Wildman–Crippen LogP) is -0.486. The Hall–Kier alpha value is -1.14. The number of hydrogen-bond donors (Lipinski definition) is 3. The zero-order valence-electron chi connectivity index (χ0n) is 10.7. The van der Waals surface area contributed by atoms with Crippen LogP contribution in [0.2, 0.25) is 0 Å². The van der Waals surface area contributed by atoms with E-state index in [9.17, 15) is 9.59 Å². The molecule has 1 rings (SSSR count). The minimum absolute atomic E-state index is 0.259. The van der Waals surface area contributed by atoms with Gasteiger partial charge in [-0.15, -0.1) is 0 Å². The number of nitrogens with zero attached hydrogens (tertiary/aromatic N) is 1. The van der Waals surface area contributed by atoms with Crippen LogP contribution in [0.15, 0.2) is 0 Å². The van der Waals surface area contributed by atoms with Gasteiger partial charge in [-0.25, -0.2) is 4.79 Å². The van der Waals surface area contributed by atoms with E-state index in [1.807, 2.05) is 25.8 Å². The van der Waals surface area contributed by atoms with E-state index >= 15 is 0 Å². The van der Waals surface area contributed by atoms with Crippen LogP contribution in [0.5, 0.6) is 0 Å². The van der Waals surface area contributed by atoms with Gasteiger partial charge >= 0.3 is 6.03 Å². The Kier molecular flexibility index (Phi) is 5.37. The van der Waals surface area contributed by atoms with Crippen LogP contribution in [-0.2, 0) is 4.79 Å². The van der Waals surface area contributed by atoms with Crippen molar-refractivity contribution < 1.29 is 9.59 Å². The summed E-state index contributed by atoms with van der Waals surface area (Å²) in [5.41, 5.74) is 0. The fraction of sp³-hybridized carbons (Fsp3) is 0.818. The summed E-state index contributed by atoms with van der Waals surface area (Å²) >= 11 is 0. The van der Waals surface area contributed by atoms with Gasteiger partial charge in [-0.05, 0) is 33.9 Å². The number of nitrogens with one attached hydrogen (secondary N) is 3. The van der Waals surface area contributed by atoms with Crippen molar-refractivity contribution in [2.75, 3.05) is 26.7 Å². The van der Waals surface area contributed by atoms with Crippen molar-refractivity contribution in [3.8, 4) is 0 Å². The van der Waals surface area contributed by atoms with Gasteiger partial charge < -0.3 is 10.6 Å². The van der Waals surface area contributed by atoms with Crippen LogP contribution in [0.25, 0.3) is 0 Å². The summed E-state index contributed by atoms with van der Waals surface area (Å²) in [6.45, 7) is 6.02. The Balaban J connectivity index is 2.42. The highest BCUT2D eigenvalue weighted by Crippen LogP contribution is 2.09. The molecule has 17 heavy (non-hydrogen) atoms. The minimum atomic E-state index is -0.428. The average molecular weight is 242 g/mol. The van der Waals surface area contributed by atoms with Gasteiger partial charge in [0.05, 0.1) is 6.04 Å². The number of carbonyl (C=O) groups is 2. The molecule has 98 valence electrons. The van der Waals surface area contributed by atoms with E-state index in [0.29, 0.717) is 12.6 Å². The maximum Gasteiger partial charge on any atom is 0.321 e. The summed E-state index contributed by atoms with van der Waals surface area (Å²) in [6.07, 6.45) is 1.04. The van der Waals surface area contributed by atoms with Crippen LogP contribution in [0.4, 0.5) is 4.79 Å². The van der Waals surface area contributed by atoms with E-state index in [0.717, 1.165) is 19.5 Å². The molecule has 3 N–H and O–H groups in total. The van der Waals surface area contributed by atoms with Crippen molar-refractivity contribution >= 4 is 11.9 Å². The molecule has 0 bridgehead atoms. The molecule has 1 aliphatic rings. The molecule has 0 aliphatic carbocycles. The van der Waals surface area contributed by atoms with Crippen molar-refractivity contribution in [2.45, 2.75) is 32.4 Å². The van der Waals surface area contributed by atoms with Crippen LogP contribution in [0.1, 0.15) is 20.3 Å². The number of imide groups is 1.